The zero-order chi connectivity index (χ0) is 28.2. The van der Waals surface area contributed by atoms with Crippen molar-refractivity contribution in [2.24, 2.45) is 11.5 Å². The number of hydrogen-bond acceptors (Lipinski definition) is 9. The van der Waals surface area contributed by atoms with Crippen LogP contribution in [0.15, 0.2) is 60.7 Å². The smallest absolute Gasteiger partial charge is 0.336 e. The van der Waals surface area contributed by atoms with Gasteiger partial charge in [-0.3, -0.25) is 14.4 Å². The Balaban J connectivity index is 2.23. The summed E-state index contributed by atoms with van der Waals surface area (Å²) in [4.78, 5) is 61.9. The number of rotatable bonds is 13. The van der Waals surface area contributed by atoms with E-state index in [2.05, 4.69) is 10.6 Å². The number of aliphatic hydroxyl groups is 1. The van der Waals surface area contributed by atoms with Gasteiger partial charge in [0.1, 0.15) is 18.1 Å². The van der Waals surface area contributed by atoms with Gasteiger partial charge in [-0.2, -0.15) is 0 Å². The summed E-state index contributed by atoms with van der Waals surface area (Å²) >= 11 is 0. The first-order chi connectivity index (χ1) is 18.0. The topological polar surface area (TPSA) is 211 Å². The van der Waals surface area contributed by atoms with Crippen molar-refractivity contribution in [2.75, 3.05) is 0 Å². The highest BCUT2D eigenvalue weighted by atomic mass is 16.6. The monoisotopic (exact) mass is 528 g/mol. The Morgan fingerprint density at radius 3 is 1.61 bits per heavy atom. The maximum Gasteiger partial charge on any atom is 0.336 e. The van der Waals surface area contributed by atoms with Crippen LogP contribution in [0.25, 0.3) is 0 Å². The average molecular weight is 529 g/mol. The van der Waals surface area contributed by atoms with Gasteiger partial charge >= 0.3 is 17.9 Å². The molecule has 0 aromatic heterocycles. The minimum Gasteiger partial charge on any atom is -0.481 e. The second kappa shape index (κ2) is 14.6. The van der Waals surface area contributed by atoms with Crippen LogP contribution in [-0.4, -0.2) is 70.2 Å². The number of nitrogens with one attached hydrogen (secondary N) is 2. The van der Waals surface area contributed by atoms with Gasteiger partial charge in [0.15, 0.2) is 0 Å². The van der Waals surface area contributed by atoms with Gasteiger partial charge in [0, 0.05) is 12.8 Å². The highest BCUT2D eigenvalue weighted by Gasteiger charge is 2.32. The van der Waals surface area contributed by atoms with Gasteiger partial charge in [0.25, 0.3) is 0 Å². The Kier molecular flexibility index (Phi) is 11.5. The molecule has 0 heterocycles. The van der Waals surface area contributed by atoms with Gasteiger partial charge < -0.3 is 37.1 Å². The molecule has 0 spiro atoms. The first-order valence-corrected chi connectivity index (χ1v) is 11.8. The largest absolute Gasteiger partial charge is 0.481 e. The van der Waals surface area contributed by atoms with E-state index < -0.39 is 66.4 Å². The highest BCUT2D eigenvalue weighted by Crippen LogP contribution is 2.09. The maximum atomic E-state index is 13.0. The number of nitrogens with two attached hydrogens (primary N) is 2. The zero-order valence-corrected chi connectivity index (χ0v) is 20.8. The van der Waals surface area contributed by atoms with Crippen LogP contribution in [0.3, 0.4) is 0 Å². The molecular weight excluding hydrogens is 496 g/mol. The molecule has 0 bridgehead atoms. The fraction of sp³-hybridized carbons (Fsp3) is 0.346. The Morgan fingerprint density at radius 1 is 0.789 bits per heavy atom. The van der Waals surface area contributed by atoms with Crippen LogP contribution in [-0.2, 0) is 41.6 Å². The lowest BCUT2D eigenvalue weighted by molar-refractivity contribution is -0.164. The molecule has 0 saturated heterocycles. The number of carbonyl (C=O) groups excluding carboxylic acids is 4. The number of amides is 2. The van der Waals surface area contributed by atoms with E-state index >= 15 is 0 Å². The molecule has 0 saturated carbocycles. The van der Waals surface area contributed by atoms with Gasteiger partial charge in [0.05, 0.1) is 18.6 Å². The molecule has 0 radical (unpaired) electrons. The molecule has 204 valence electrons. The van der Waals surface area contributed by atoms with E-state index in [9.17, 15) is 29.1 Å². The molecule has 2 aromatic carbocycles. The third-order valence-corrected chi connectivity index (χ3v) is 5.52. The summed E-state index contributed by atoms with van der Waals surface area (Å²) in [6, 6.07) is 11.6. The molecule has 0 aliphatic carbocycles. The minimum absolute atomic E-state index is 0.0512. The summed E-state index contributed by atoms with van der Waals surface area (Å²) in [5.41, 5.74) is 12.5. The molecule has 12 heteroatoms. The molecule has 8 N–H and O–H groups in total. The van der Waals surface area contributed by atoms with Gasteiger partial charge in [-0.1, -0.05) is 60.7 Å². The molecular formula is C26H32N4O8. The van der Waals surface area contributed by atoms with Gasteiger partial charge in [-0.25, -0.2) is 9.59 Å². The van der Waals surface area contributed by atoms with Crippen LogP contribution in [0, 0.1) is 0 Å². The van der Waals surface area contributed by atoms with Gasteiger partial charge in [-0.05, 0) is 18.1 Å². The quantitative estimate of drug-likeness (QED) is 0.138. The Labute approximate surface area is 219 Å². The lowest BCUT2D eigenvalue weighted by Crippen LogP contribution is -2.54. The fourth-order valence-corrected chi connectivity index (χ4v) is 3.37. The number of benzene rings is 2. The average Bonchev–Trinajstić information content (AvgIpc) is 2.87. The van der Waals surface area contributed by atoms with Crippen molar-refractivity contribution in [2.45, 2.75) is 56.5 Å². The third kappa shape index (κ3) is 9.73. The van der Waals surface area contributed by atoms with Crippen LogP contribution in [0.2, 0.25) is 0 Å². The SMILES string of the molecule is C[C@@H](O)[C@H](N)C(=O)N[C@@H](Cc1ccccc1)C(=O)OC(=O)[C@H](Cc1ccccc1)NC(=O)[C@@H](N)CC(=O)O. The molecule has 2 rings (SSSR count). The molecule has 2 aromatic rings. The molecule has 38 heavy (non-hydrogen) atoms. The Morgan fingerprint density at radius 2 is 1.21 bits per heavy atom. The number of esters is 2. The Bertz CT molecular complexity index is 1110. The molecule has 0 unspecified atom stereocenters. The lowest BCUT2D eigenvalue weighted by atomic mass is 10.0. The second-order valence-electron chi connectivity index (χ2n) is 8.71. The second-order valence-corrected chi connectivity index (χ2v) is 8.71. The third-order valence-electron chi connectivity index (χ3n) is 5.52. The van der Waals surface area contributed by atoms with E-state index in [1.54, 1.807) is 60.7 Å². The summed E-state index contributed by atoms with van der Waals surface area (Å²) in [6.07, 6.45) is -2.01. The van der Waals surface area contributed by atoms with E-state index in [-0.39, 0.29) is 12.8 Å². The van der Waals surface area contributed by atoms with Crippen LogP contribution in [0.4, 0.5) is 0 Å². The first kappa shape index (κ1) is 30.1. The van der Waals surface area contributed by atoms with Crippen molar-refractivity contribution in [3.8, 4) is 0 Å². The zero-order valence-electron chi connectivity index (χ0n) is 20.8. The summed E-state index contributed by atoms with van der Waals surface area (Å²) in [6.45, 7) is 1.31. The standard InChI is InChI=1S/C26H32N4O8/c1-15(31)22(28)24(35)30-20(13-17-10-6-3-7-11-17)26(37)38-25(36)19(12-16-8-4-2-5-9-16)29-23(34)18(27)14-21(32)33/h2-11,15,18-20,22,31H,12-14,27-28H2,1H3,(H,29,34)(H,30,35)(H,32,33)/t15-,18+,19+,20+,22+/m1/s1. The molecule has 0 aliphatic rings. The first-order valence-electron chi connectivity index (χ1n) is 11.8. The highest BCUT2D eigenvalue weighted by molar-refractivity contribution is 5.96. The van der Waals surface area contributed by atoms with Gasteiger partial charge in [-0.15, -0.1) is 0 Å². The van der Waals surface area contributed by atoms with Crippen LogP contribution in [0.5, 0.6) is 0 Å². The summed E-state index contributed by atoms with van der Waals surface area (Å²) < 4.78 is 5.05. The van der Waals surface area contributed by atoms with E-state index in [0.29, 0.717) is 11.1 Å². The summed E-state index contributed by atoms with van der Waals surface area (Å²) in [7, 11) is 0. The van der Waals surface area contributed by atoms with E-state index in [1.807, 2.05) is 0 Å². The van der Waals surface area contributed by atoms with E-state index in [4.69, 9.17) is 21.3 Å². The van der Waals surface area contributed by atoms with Gasteiger partial charge in [0.2, 0.25) is 11.8 Å². The number of aliphatic hydroxyl groups excluding tert-OH is 1. The van der Waals surface area contributed by atoms with E-state index in [0.717, 1.165) is 0 Å². The van der Waals surface area contributed by atoms with Crippen LogP contribution < -0.4 is 22.1 Å². The van der Waals surface area contributed by atoms with Crippen molar-refractivity contribution >= 4 is 29.7 Å². The molecule has 0 fully saturated rings. The number of ether oxygens (including phenoxy) is 1. The fourth-order valence-electron chi connectivity index (χ4n) is 3.37. The number of carboxylic acid groups (broad SMARTS) is 1. The van der Waals surface area contributed by atoms with Crippen molar-refractivity contribution in [3.05, 3.63) is 71.8 Å². The van der Waals surface area contributed by atoms with E-state index in [1.165, 1.54) is 6.92 Å². The summed E-state index contributed by atoms with van der Waals surface area (Å²) in [5.74, 6) is -5.32. The minimum atomic E-state index is -1.44. The van der Waals surface area contributed by atoms with Crippen molar-refractivity contribution < 1.29 is 38.9 Å². The number of hydrogen-bond donors (Lipinski definition) is 6. The van der Waals surface area contributed by atoms with Crippen LogP contribution >= 0.6 is 0 Å². The van der Waals surface area contributed by atoms with Crippen molar-refractivity contribution in [1.82, 2.24) is 10.6 Å². The number of aliphatic carboxylic acids is 1. The van der Waals surface area contributed by atoms with Crippen LogP contribution in [0.1, 0.15) is 24.5 Å². The Hall–Kier alpha value is -4.13. The predicted octanol–water partition coefficient (Wildman–Crippen LogP) is -0.979. The molecule has 5 atom stereocenters. The molecule has 12 nitrogen and oxygen atoms in total. The van der Waals surface area contributed by atoms with Crippen molar-refractivity contribution in [3.63, 3.8) is 0 Å². The molecule has 2 amide bonds. The number of carbonyl (C=O) groups is 5. The lowest BCUT2D eigenvalue weighted by Gasteiger charge is -2.23. The number of carboxylic acids is 1. The predicted molar refractivity (Wildman–Crippen MR) is 135 cm³/mol. The normalized spacial score (nSPS) is 14.7. The maximum absolute atomic E-state index is 13.0. The van der Waals surface area contributed by atoms with Crippen molar-refractivity contribution in [1.29, 1.82) is 0 Å². The molecule has 0 aliphatic heterocycles. The summed E-state index contributed by atoms with van der Waals surface area (Å²) in [5, 5.41) is 23.3.